The molecule has 0 saturated carbocycles. The molecule has 0 aromatic carbocycles. The van der Waals surface area contributed by atoms with Gasteiger partial charge in [-0.25, -0.2) is 4.79 Å². The van der Waals surface area contributed by atoms with Gasteiger partial charge in [0, 0.05) is 25.1 Å². The number of nitrogens with one attached hydrogen (secondary N) is 3. The third kappa shape index (κ3) is 11.1. The van der Waals surface area contributed by atoms with E-state index in [9.17, 15) is 9.90 Å². The Labute approximate surface area is 146 Å². The average molecular weight is 345 g/mol. The molecule has 0 saturated heterocycles. The van der Waals surface area contributed by atoms with Crippen molar-refractivity contribution in [1.82, 2.24) is 16.0 Å². The van der Waals surface area contributed by atoms with Gasteiger partial charge >= 0.3 is 6.09 Å². The Bertz CT molecular complexity index is 426. The monoisotopic (exact) mass is 344 g/mol. The Kier molecular flexibility index (Phi) is 8.54. The van der Waals surface area contributed by atoms with E-state index in [0.29, 0.717) is 19.0 Å². The number of guanidine groups is 1. The van der Waals surface area contributed by atoms with E-state index in [2.05, 4.69) is 20.9 Å². The molecule has 0 aliphatic carbocycles. The van der Waals surface area contributed by atoms with E-state index in [1.807, 2.05) is 55.4 Å². The summed E-state index contributed by atoms with van der Waals surface area (Å²) in [7, 11) is 0. The van der Waals surface area contributed by atoms with E-state index in [1.54, 1.807) is 0 Å². The van der Waals surface area contributed by atoms with Gasteiger partial charge in [-0.1, -0.05) is 13.8 Å². The van der Waals surface area contributed by atoms with Gasteiger partial charge in [0.1, 0.15) is 5.60 Å². The molecule has 0 spiro atoms. The van der Waals surface area contributed by atoms with Crippen LogP contribution in [-0.2, 0) is 4.74 Å². The lowest BCUT2D eigenvalue weighted by atomic mass is 9.95. The van der Waals surface area contributed by atoms with Gasteiger partial charge in [-0.05, 0) is 41.5 Å². The van der Waals surface area contributed by atoms with E-state index in [0.717, 1.165) is 6.54 Å². The second-order valence-electron chi connectivity index (χ2n) is 8.38. The molecular weight excluding hydrogens is 308 g/mol. The number of aliphatic imine (C=N–C) groups is 1. The third-order valence-corrected chi connectivity index (χ3v) is 2.97. The largest absolute Gasteiger partial charge is 0.444 e. The lowest BCUT2D eigenvalue weighted by molar-refractivity contribution is 0.0474. The number of aliphatic hydroxyl groups is 1. The minimum absolute atomic E-state index is 0.0710. The number of aliphatic hydroxyl groups excluding tert-OH is 1. The first-order valence-electron chi connectivity index (χ1n) is 8.44. The van der Waals surface area contributed by atoms with Gasteiger partial charge in [0.25, 0.3) is 0 Å². The zero-order valence-corrected chi connectivity index (χ0v) is 16.5. The van der Waals surface area contributed by atoms with Crippen molar-refractivity contribution < 1.29 is 14.6 Å². The molecule has 0 bridgehead atoms. The normalized spacial score (nSPS) is 13.5. The lowest BCUT2D eigenvalue weighted by Gasteiger charge is -2.29. The van der Waals surface area contributed by atoms with Crippen LogP contribution in [0.25, 0.3) is 0 Å². The average Bonchev–Trinajstić information content (AvgIpc) is 2.39. The molecule has 0 unspecified atom stereocenters. The maximum atomic E-state index is 11.9. The molecule has 7 heteroatoms. The standard InChI is InChI=1S/C17H36N4O3/c1-9-18-13(19-10-16(5,6)12-22)20-11-17(7,8)21-14(23)24-15(2,3)4/h22H,9-12H2,1-8H3,(H,21,23)(H2,18,19,20). The Morgan fingerprint density at radius 3 is 2.12 bits per heavy atom. The quantitative estimate of drug-likeness (QED) is 0.418. The molecule has 1 amide bonds. The molecule has 0 atom stereocenters. The summed E-state index contributed by atoms with van der Waals surface area (Å²) >= 11 is 0. The van der Waals surface area contributed by atoms with Crippen molar-refractivity contribution in [3.05, 3.63) is 0 Å². The third-order valence-electron chi connectivity index (χ3n) is 2.97. The summed E-state index contributed by atoms with van der Waals surface area (Å²) in [4.78, 5) is 16.4. The van der Waals surface area contributed by atoms with E-state index in [-0.39, 0.29) is 12.0 Å². The molecule has 24 heavy (non-hydrogen) atoms. The zero-order chi connectivity index (χ0) is 19.0. The topological polar surface area (TPSA) is 95.0 Å². The molecule has 0 fully saturated rings. The summed E-state index contributed by atoms with van der Waals surface area (Å²) in [5, 5.41) is 18.5. The fourth-order valence-electron chi connectivity index (χ4n) is 1.61. The van der Waals surface area contributed by atoms with Crippen LogP contribution in [0, 0.1) is 5.41 Å². The molecule has 0 aromatic rings. The van der Waals surface area contributed by atoms with Gasteiger partial charge in [0.15, 0.2) is 5.96 Å². The Hall–Kier alpha value is -1.50. The van der Waals surface area contributed by atoms with Crippen LogP contribution in [0.3, 0.4) is 0 Å². The minimum Gasteiger partial charge on any atom is -0.444 e. The molecule has 0 aliphatic rings. The Morgan fingerprint density at radius 1 is 1.08 bits per heavy atom. The maximum Gasteiger partial charge on any atom is 0.408 e. The molecule has 0 aliphatic heterocycles. The predicted octanol–water partition coefficient (Wildman–Crippen LogP) is 1.86. The van der Waals surface area contributed by atoms with Crippen molar-refractivity contribution in [3.63, 3.8) is 0 Å². The van der Waals surface area contributed by atoms with Crippen molar-refractivity contribution in [1.29, 1.82) is 0 Å². The van der Waals surface area contributed by atoms with Crippen molar-refractivity contribution >= 4 is 12.1 Å². The van der Waals surface area contributed by atoms with Crippen LogP contribution in [0.1, 0.15) is 55.4 Å². The van der Waals surface area contributed by atoms with Crippen LogP contribution in [0.2, 0.25) is 0 Å². The number of alkyl carbamates (subject to hydrolysis) is 1. The fourth-order valence-corrected chi connectivity index (χ4v) is 1.61. The molecule has 142 valence electrons. The number of carbonyl (C=O) groups is 1. The molecule has 0 heterocycles. The molecule has 7 nitrogen and oxygen atoms in total. The van der Waals surface area contributed by atoms with Crippen molar-refractivity contribution in [2.45, 2.75) is 66.5 Å². The number of nitrogens with zero attached hydrogens (tertiary/aromatic N) is 1. The summed E-state index contributed by atoms with van der Waals surface area (Å²) in [6.07, 6.45) is -0.447. The molecule has 4 N–H and O–H groups in total. The smallest absolute Gasteiger partial charge is 0.408 e. The maximum absolute atomic E-state index is 11.9. The number of ether oxygens (including phenoxy) is 1. The van der Waals surface area contributed by atoms with Crippen LogP contribution in [0.5, 0.6) is 0 Å². The predicted molar refractivity (Wildman–Crippen MR) is 98.3 cm³/mol. The first-order valence-corrected chi connectivity index (χ1v) is 8.44. The molecule has 0 rings (SSSR count). The van der Waals surface area contributed by atoms with Crippen LogP contribution in [-0.4, -0.2) is 54.5 Å². The van der Waals surface area contributed by atoms with E-state index < -0.39 is 17.2 Å². The summed E-state index contributed by atoms with van der Waals surface area (Å²) in [5.74, 6) is 0.651. The first kappa shape index (κ1) is 22.5. The second-order valence-corrected chi connectivity index (χ2v) is 8.38. The number of amides is 1. The summed E-state index contributed by atoms with van der Waals surface area (Å²) in [6.45, 7) is 17.0. The van der Waals surface area contributed by atoms with Crippen LogP contribution < -0.4 is 16.0 Å². The lowest BCUT2D eigenvalue weighted by Crippen LogP contribution is -2.54. The van der Waals surface area contributed by atoms with E-state index in [4.69, 9.17) is 4.74 Å². The number of hydrogen-bond acceptors (Lipinski definition) is 4. The van der Waals surface area contributed by atoms with Gasteiger partial charge < -0.3 is 25.8 Å². The minimum atomic E-state index is -0.528. The first-order chi connectivity index (χ1) is 10.8. The van der Waals surface area contributed by atoms with Crippen molar-refractivity contribution in [2.24, 2.45) is 10.4 Å². The number of rotatable bonds is 7. The van der Waals surface area contributed by atoms with Crippen LogP contribution in [0.15, 0.2) is 4.99 Å². The SMILES string of the molecule is CCNC(=NCC(C)(C)CO)NCC(C)(C)NC(=O)OC(C)(C)C. The van der Waals surface area contributed by atoms with Gasteiger partial charge in [-0.2, -0.15) is 0 Å². The fraction of sp³-hybridized carbons (Fsp3) is 0.882. The highest BCUT2D eigenvalue weighted by molar-refractivity contribution is 5.80. The Morgan fingerprint density at radius 2 is 1.67 bits per heavy atom. The van der Waals surface area contributed by atoms with Gasteiger partial charge in [0.2, 0.25) is 0 Å². The number of carbonyl (C=O) groups excluding carboxylic acids is 1. The van der Waals surface area contributed by atoms with Crippen molar-refractivity contribution in [3.8, 4) is 0 Å². The van der Waals surface area contributed by atoms with E-state index in [1.165, 1.54) is 0 Å². The summed E-state index contributed by atoms with van der Waals surface area (Å²) in [5.41, 5.74) is -1.31. The van der Waals surface area contributed by atoms with Gasteiger partial charge in [0.05, 0.1) is 12.1 Å². The summed E-state index contributed by atoms with van der Waals surface area (Å²) < 4.78 is 5.28. The molecular formula is C17H36N4O3. The highest BCUT2D eigenvalue weighted by atomic mass is 16.6. The zero-order valence-electron chi connectivity index (χ0n) is 16.5. The highest BCUT2D eigenvalue weighted by Crippen LogP contribution is 2.13. The number of hydrogen-bond donors (Lipinski definition) is 4. The summed E-state index contributed by atoms with van der Waals surface area (Å²) in [6, 6.07) is 0. The molecule has 0 aromatic heterocycles. The molecule has 0 radical (unpaired) electrons. The van der Waals surface area contributed by atoms with Crippen molar-refractivity contribution in [2.75, 3.05) is 26.2 Å². The highest BCUT2D eigenvalue weighted by Gasteiger charge is 2.25. The van der Waals surface area contributed by atoms with Crippen LogP contribution in [0.4, 0.5) is 4.79 Å². The van der Waals surface area contributed by atoms with Gasteiger partial charge in [-0.15, -0.1) is 0 Å². The van der Waals surface area contributed by atoms with Crippen LogP contribution >= 0.6 is 0 Å². The second kappa shape index (κ2) is 9.11. The van der Waals surface area contributed by atoms with E-state index >= 15 is 0 Å². The van der Waals surface area contributed by atoms with Gasteiger partial charge in [-0.3, -0.25) is 4.99 Å². The Balaban J connectivity index is 4.66.